The molecule has 0 spiro atoms. The second kappa shape index (κ2) is 8.76. The molecule has 0 saturated heterocycles. The van der Waals surface area contributed by atoms with Gasteiger partial charge in [-0.3, -0.25) is 0 Å². The number of hydrogen-bond acceptors (Lipinski definition) is 0. The van der Waals surface area contributed by atoms with E-state index in [9.17, 15) is 0 Å². The normalized spacial score (nSPS) is 11.8. The van der Waals surface area contributed by atoms with Crippen LogP contribution in [-0.2, 0) is 3.43 Å². The van der Waals surface area contributed by atoms with Crippen LogP contribution in [0.15, 0.2) is 60.7 Å². The summed E-state index contributed by atoms with van der Waals surface area (Å²) in [5.74, 6) is 0. The van der Waals surface area contributed by atoms with E-state index in [2.05, 4.69) is 79.5 Å². The molecule has 0 N–H and O–H groups in total. The van der Waals surface area contributed by atoms with Crippen molar-refractivity contribution < 1.29 is 0 Å². The Balaban J connectivity index is 2.54. The summed E-state index contributed by atoms with van der Waals surface area (Å²) in [5, 5.41) is 0. The van der Waals surface area contributed by atoms with E-state index < -0.39 is 19.8 Å². The summed E-state index contributed by atoms with van der Waals surface area (Å²) in [6.45, 7) is 4.67. The van der Waals surface area contributed by atoms with Gasteiger partial charge >= 0.3 is 144 Å². The fraction of sp³-hybridized carbons (Fsp3) is 0.429. The molecule has 117 valence electrons. The maximum absolute atomic E-state index is 2.65. The summed E-state index contributed by atoms with van der Waals surface area (Å²) in [6, 6.07) is 22.7. The van der Waals surface area contributed by atoms with Crippen molar-refractivity contribution in [2.45, 2.75) is 52.3 Å². The molecule has 0 unspecified atom stereocenters. The zero-order valence-electron chi connectivity index (χ0n) is 14.3. The van der Waals surface area contributed by atoms with Crippen LogP contribution in [0.1, 0.15) is 50.7 Å². The van der Waals surface area contributed by atoms with E-state index in [1.807, 2.05) is 0 Å². The molecule has 1 radical (unpaired) electrons. The van der Waals surface area contributed by atoms with Crippen molar-refractivity contribution in [1.29, 1.82) is 0 Å². The van der Waals surface area contributed by atoms with Crippen molar-refractivity contribution in [3.8, 4) is 0 Å². The van der Waals surface area contributed by atoms with Crippen LogP contribution in [0, 0.1) is 0 Å². The molecule has 22 heavy (non-hydrogen) atoms. The predicted molar refractivity (Wildman–Crippen MR) is 99.9 cm³/mol. The van der Waals surface area contributed by atoms with E-state index in [0.717, 1.165) is 0 Å². The molecule has 0 heterocycles. The SMILES string of the molecule is CCC[CH2][Sn]([CH3])[C](CCC)(c1ccccc1)c1ccccc1. The minimum atomic E-state index is -1.60. The Morgan fingerprint density at radius 3 is 1.68 bits per heavy atom. The van der Waals surface area contributed by atoms with Crippen molar-refractivity contribution in [2.75, 3.05) is 0 Å². The third-order valence-corrected chi connectivity index (χ3v) is 14.5. The van der Waals surface area contributed by atoms with Crippen molar-refractivity contribution >= 4 is 19.8 Å². The van der Waals surface area contributed by atoms with Gasteiger partial charge in [-0.1, -0.05) is 0 Å². The van der Waals surface area contributed by atoms with E-state index in [0.29, 0.717) is 3.43 Å². The molecular formula is C21H29Sn. The van der Waals surface area contributed by atoms with Gasteiger partial charge in [0.2, 0.25) is 0 Å². The van der Waals surface area contributed by atoms with Crippen LogP contribution < -0.4 is 0 Å². The topological polar surface area (TPSA) is 0 Å². The van der Waals surface area contributed by atoms with E-state index in [1.54, 1.807) is 11.1 Å². The number of rotatable bonds is 8. The van der Waals surface area contributed by atoms with Crippen LogP contribution in [0.25, 0.3) is 0 Å². The summed E-state index contributed by atoms with van der Waals surface area (Å²) < 4.78 is 1.83. The first kappa shape index (κ1) is 17.6. The molecule has 0 bridgehead atoms. The quantitative estimate of drug-likeness (QED) is 0.461. The molecule has 0 atom stereocenters. The molecule has 1 heteroatoms. The van der Waals surface area contributed by atoms with E-state index in [-0.39, 0.29) is 0 Å². The molecule has 2 aromatic rings. The molecule has 0 saturated carbocycles. The number of hydrogen-bond donors (Lipinski definition) is 0. The van der Waals surface area contributed by atoms with Crippen LogP contribution in [0.5, 0.6) is 0 Å². The van der Waals surface area contributed by atoms with Gasteiger partial charge in [0, 0.05) is 0 Å². The van der Waals surface area contributed by atoms with Gasteiger partial charge in [0.1, 0.15) is 0 Å². The fourth-order valence-electron chi connectivity index (χ4n) is 3.64. The molecule has 0 aliphatic heterocycles. The second-order valence-electron chi connectivity index (χ2n) is 6.27. The van der Waals surface area contributed by atoms with E-state index in [4.69, 9.17) is 0 Å². The maximum atomic E-state index is 2.65. The zero-order valence-corrected chi connectivity index (χ0v) is 17.2. The zero-order chi connectivity index (χ0) is 15.8. The molecule has 2 aromatic carbocycles. The standard InChI is InChI=1S/C16H17.C4H9.CH3.Sn/c1-2-9-16(14-10-5-3-6-11-14)15-12-7-4-8-13-15;1-3-4-2;;/h3-8,10-13H,2,9H2,1H3;1,3-4H2,2H3;1H3;. The number of unbranched alkanes of at least 4 members (excludes halogenated alkanes) is 1. The Labute approximate surface area is 143 Å². The Hall–Kier alpha value is -0.761. The summed E-state index contributed by atoms with van der Waals surface area (Å²) in [5.41, 5.74) is 3.13. The fourth-order valence-corrected chi connectivity index (χ4v) is 13.1. The first-order chi connectivity index (χ1) is 10.8. The van der Waals surface area contributed by atoms with E-state index in [1.165, 1.54) is 30.1 Å². The third-order valence-electron chi connectivity index (χ3n) is 4.79. The van der Waals surface area contributed by atoms with Gasteiger partial charge in [-0.05, 0) is 0 Å². The van der Waals surface area contributed by atoms with Crippen LogP contribution in [0.3, 0.4) is 0 Å². The third kappa shape index (κ3) is 3.76. The van der Waals surface area contributed by atoms with Gasteiger partial charge in [0.25, 0.3) is 0 Å². The molecule has 0 aromatic heterocycles. The summed E-state index contributed by atoms with van der Waals surface area (Å²) in [7, 11) is 0. The monoisotopic (exact) mass is 401 g/mol. The minimum absolute atomic E-state index is 0.342. The van der Waals surface area contributed by atoms with Gasteiger partial charge in [-0.2, -0.15) is 0 Å². The van der Waals surface area contributed by atoms with Gasteiger partial charge < -0.3 is 0 Å². The van der Waals surface area contributed by atoms with Gasteiger partial charge in [-0.15, -0.1) is 0 Å². The van der Waals surface area contributed by atoms with Crippen molar-refractivity contribution in [2.24, 2.45) is 0 Å². The molecule has 0 aliphatic rings. The summed E-state index contributed by atoms with van der Waals surface area (Å²) in [6.07, 6.45) is 5.28. The van der Waals surface area contributed by atoms with Crippen molar-refractivity contribution in [3.05, 3.63) is 71.8 Å². The molecule has 0 fully saturated rings. The average Bonchev–Trinajstić information content (AvgIpc) is 2.59. The summed E-state index contributed by atoms with van der Waals surface area (Å²) in [4.78, 5) is 2.65. The average molecular weight is 400 g/mol. The van der Waals surface area contributed by atoms with Gasteiger partial charge in [0.05, 0.1) is 0 Å². The van der Waals surface area contributed by atoms with Gasteiger partial charge in [-0.25, -0.2) is 0 Å². The molecular weight excluding hydrogens is 371 g/mol. The van der Waals surface area contributed by atoms with Crippen LogP contribution >= 0.6 is 0 Å². The van der Waals surface area contributed by atoms with Crippen LogP contribution in [0.2, 0.25) is 9.38 Å². The summed E-state index contributed by atoms with van der Waals surface area (Å²) >= 11 is -1.60. The Morgan fingerprint density at radius 2 is 1.27 bits per heavy atom. The Bertz CT molecular complexity index is 493. The Morgan fingerprint density at radius 1 is 0.773 bits per heavy atom. The predicted octanol–water partition coefficient (Wildman–Crippen LogP) is 6.24. The molecule has 0 nitrogen and oxygen atoms in total. The molecule has 0 aliphatic carbocycles. The van der Waals surface area contributed by atoms with Crippen LogP contribution in [-0.4, -0.2) is 19.8 Å². The first-order valence-electron chi connectivity index (χ1n) is 8.69. The number of benzene rings is 2. The second-order valence-corrected chi connectivity index (χ2v) is 14.6. The Kier molecular flexibility index (Phi) is 7.01. The molecule has 0 amide bonds. The van der Waals surface area contributed by atoms with Crippen molar-refractivity contribution in [3.63, 3.8) is 0 Å². The van der Waals surface area contributed by atoms with Crippen LogP contribution in [0.4, 0.5) is 0 Å². The van der Waals surface area contributed by atoms with E-state index >= 15 is 0 Å². The molecule has 2 rings (SSSR count). The van der Waals surface area contributed by atoms with Gasteiger partial charge in [0.15, 0.2) is 0 Å². The first-order valence-corrected chi connectivity index (χ1v) is 15.0. The van der Waals surface area contributed by atoms with Crippen molar-refractivity contribution in [1.82, 2.24) is 0 Å².